The first-order valence-corrected chi connectivity index (χ1v) is 10.7. The van der Waals surface area contributed by atoms with Crippen LogP contribution in [-0.4, -0.2) is 53.7 Å². The van der Waals surface area contributed by atoms with Gasteiger partial charge in [-0.1, -0.05) is 13.0 Å². The van der Waals surface area contributed by atoms with Gasteiger partial charge in [-0.3, -0.25) is 4.90 Å². The van der Waals surface area contributed by atoms with Gasteiger partial charge in [0.05, 0.1) is 6.04 Å². The lowest BCUT2D eigenvalue weighted by molar-refractivity contribution is 0.0883. The van der Waals surface area contributed by atoms with E-state index in [2.05, 4.69) is 51.8 Å². The van der Waals surface area contributed by atoms with Crippen LogP contribution < -0.4 is 10.6 Å². The molecule has 146 valence electrons. The first-order chi connectivity index (χ1) is 13.1. The minimum absolute atomic E-state index is 0.150. The van der Waals surface area contributed by atoms with Crippen LogP contribution in [0.2, 0.25) is 0 Å². The Labute approximate surface area is 170 Å². The third-order valence-electron chi connectivity index (χ3n) is 5.02. The summed E-state index contributed by atoms with van der Waals surface area (Å²) in [5, 5.41) is 9.27. The molecule has 1 aromatic heterocycles. The zero-order valence-corrected chi connectivity index (χ0v) is 17.5. The van der Waals surface area contributed by atoms with Gasteiger partial charge in [0.15, 0.2) is 5.11 Å². The molecule has 1 aromatic carbocycles. The van der Waals surface area contributed by atoms with Crippen molar-refractivity contribution in [3.63, 3.8) is 0 Å². The molecule has 1 fully saturated rings. The maximum atomic E-state index is 13.1. The quantitative estimate of drug-likeness (QED) is 0.710. The lowest BCUT2D eigenvalue weighted by Gasteiger charge is -2.41. The number of nitrogens with zero attached hydrogens (tertiary/aromatic N) is 2. The number of thiophene rings is 1. The van der Waals surface area contributed by atoms with E-state index in [1.54, 1.807) is 23.5 Å². The highest BCUT2D eigenvalue weighted by Crippen LogP contribution is 2.29. The Balaban J connectivity index is 1.65. The number of nitrogens with one attached hydrogen (secondary N) is 2. The molecule has 2 heterocycles. The molecule has 0 aliphatic carbocycles. The second kappa shape index (κ2) is 9.59. The summed E-state index contributed by atoms with van der Waals surface area (Å²) in [5.41, 5.74) is 0.783. The highest BCUT2D eigenvalue weighted by atomic mass is 32.1. The van der Waals surface area contributed by atoms with Crippen LogP contribution in [0, 0.1) is 5.82 Å². The van der Waals surface area contributed by atoms with Gasteiger partial charge in [-0.15, -0.1) is 11.3 Å². The Morgan fingerprint density at radius 2 is 1.89 bits per heavy atom. The second-order valence-electron chi connectivity index (χ2n) is 6.82. The fourth-order valence-electron chi connectivity index (χ4n) is 3.55. The van der Waals surface area contributed by atoms with Gasteiger partial charge in [-0.05, 0) is 61.4 Å². The molecular formula is C20H27FN4S2. The molecule has 0 saturated carbocycles. The van der Waals surface area contributed by atoms with Crippen molar-refractivity contribution in [1.82, 2.24) is 15.1 Å². The Kier molecular flexibility index (Phi) is 7.18. The fourth-order valence-corrected chi connectivity index (χ4v) is 4.81. The molecule has 4 nitrogen and oxygen atoms in total. The number of thiocarbonyl (C=S) groups is 1. The van der Waals surface area contributed by atoms with Crippen molar-refractivity contribution in [2.24, 2.45) is 0 Å². The highest BCUT2D eigenvalue weighted by molar-refractivity contribution is 7.80. The summed E-state index contributed by atoms with van der Waals surface area (Å²) in [4.78, 5) is 6.39. The Morgan fingerprint density at radius 1 is 1.19 bits per heavy atom. The van der Waals surface area contributed by atoms with Crippen LogP contribution in [0.5, 0.6) is 0 Å². The van der Waals surface area contributed by atoms with Gasteiger partial charge in [0.25, 0.3) is 0 Å². The Hall–Kier alpha value is -1.54. The van der Waals surface area contributed by atoms with E-state index in [1.807, 2.05) is 0 Å². The maximum Gasteiger partial charge on any atom is 0.171 e. The van der Waals surface area contributed by atoms with Crippen LogP contribution in [0.25, 0.3) is 0 Å². The molecule has 3 rings (SSSR count). The van der Waals surface area contributed by atoms with E-state index in [9.17, 15) is 4.39 Å². The molecular weight excluding hydrogens is 379 g/mol. The molecule has 7 heteroatoms. The van der Waals surface area contributed by atoms with E-state index in [-0.39, 0.29) is 17.9 Å². The van der Waals surface area contributed by atoms with E-state index in [0.717, 1.165) is 38.4 Å². The van der Waals surface area contributed by atoms with E-state index in [1.165, 1.54) is 17.0 Å². The topological polar surface area (TPSA) is 30.5 Å². The van der Waals surface area contributed by atoms with E-state index in [0.29, 0.717) is 5.11 Å². The highest BCUT2D eigenvalue weighted by Gasteiger charge is 2.30. The van der Waals surface area contributed by atoms with Crippen LogP contribution in [0.1, 0.15) is 24.8 Å². The van der Waals surface area contributed by atoms with Gasteiger partial charge in [0.1, 0.15) is 5.82 Å². The molecule has 1 saturated heterocycles. The summed E-state index contributed by atoms with van der Waals surface area (Å²) in [5.74, 6) is -0.253. The van der Waals surface area contributed by atoms with Gasteiger partial charge in [0, 0.05) is 42.8 Å². The fraction of sp³-hybridized carbons (Fsp3) is 0.450. The average molecular weight is 407 g/mol. The monoisotopic (exact) mass is 406 g/mol. The lowest BCUT2D eigenvalue weighted by Crippen LogP contribution is -2.52. The second-order valence-corrected chi connectivity index (χ2v) is 8.21. The van der Waals surface area contributed by atoms with Crippen LogP contribution >= 0.6 is 23.6 Å². The number of benzene rings is 1. The minimum atomic E-state index is -0.253. The summed E-state index contributed by atoms with van der Waals surface area (Å²) in [6.07, 6.45) is 0. The third-order valence-corrected chi connectivity index (χ3v) is 6.18. The van der Waals surface area contributed by atoms with Crippen molar-refractivity contribution in [2.45, 2.75) is 25.9 Å². The molecule has 0 radical (unpaired) electrons. The molecule has 0 amide bonds. The van der Waals surface area contributed by atoms with Crippen LogP contribution in [-0.2, 0) is 0 Å². The Morgan fingerprint density at radius 3 is 2.48 bits per heavy atom. The number of hydrogen-bond donors (Lipinski definition) is 2. The number of rotatable bonds is 6. The van der Waals surface area contributed by atoms with Crippen molar-refractivity contribution >= 4 is 34.4 Å². The molecule has 0 spiro atoms. The van der Waals surface area contributed by atoms with Gasteiger partial charge in [-0.25, -0.2) is 4.39 Å². The number of piperazine rings is 1. The molecule has 2 aromatic rings. The number of hydrogen-bond acceptors (Lipinski definition) is 4. The predicted molar refractivity (Wildman–Crippen MR) is 116 cm³/mol. The average Bonchev–Trinajstić information content (AvgIpc) is 3.18. The van der Waals surface area contributed by atoms with Crippen molar-refractivity contribution in [3.8, 4) is 0 Å². The normalized spacial score (nSPS) is 18.0. The number of halogens is 1. The summed E-state index contributed by atoms with van der Waals surface area (Å²) in [6.45, 7) is 9.82. The SMILES string of the molecule is CCN1CCN([C@@H](c2cccs2)[C@H](C)NC(=S)Nc2ccc(F)cc2)CC1. The predicted octanol–water partition coefficient (Wildman–Crippen LogP) is 3.94. The van der Waals surface area contributed by atoms with Gasteiger partial charge in [-0.2, -0.15) is 0 Å². The summed E-state index contributed by atoms with van der Waals surface area (Å²) in [6, 6.07) is 11.0. The number of likely N-dealkylation sites (N-methyl/N-ethyl adjacent to an activating group) is 1. The summed E-state index contributed by atoms with van der Waals surface area (Å²) in [7, 11) is 0. The van der Waals surface area contributed by atoms with Crippen LogP contribution in [0.3, 0.4) is 0 Å². The van der Waals surface area contributed by atoms with Crippen molar-refractivity contribution < 1.29 is 4.39 Å². The van der Waals surface area contributed by atoms with Crippen LogP contribution in [0.4, 0.5) is 10.1 Å². The largest absolute Gasteiger partial charge is 0.358 e. The van der Waals surface area contributed by atoms with Crippen molar-refractivity contribution in [2.75, 3.05) is 38.0 Å². The first-order valence-electron chi connectivity index (χ1n) is 9.39. The summed E-state index contributed by atoms with van der Waals surface area (Å²) < 4.78 is 13.1. The van der Waals surface area contributed by atoms with E-state index >= 15 is 0 Å². The molecule has 0 unspecified atom stereocenters. The molecule has 1 aliphatic rings. The zero-order chi connectivity index (χ0) is 19.2. The van der Waals surface area contributed by atoms with Gasteiger partial charge in [0.2, 0.25) is 0 Å². The summed E-state index contributed by atoms with van der Waals surface area (Å²) >= 11 is 7.28. The third kappa shape index (κ3) is 5.48. The molecule has 2 atom stereocenters. The lowest BCUT2D eigenvalue weighted by atomic mass is 10.1. The maximum absolute atomic E-state index is 13.1. The van der Waals surface area contributed by atoms with E-state index in [4.69, 9.17) is 12.2 Å². The first kappa shape index (κ1) is 20.2. The standard InChI is InChI=1S/C20H27FN4S2/c1-3-24-10-12-25(13-11-24)19(18-5-4-14-27-18)15(2)22-20(26)23-17-8-6-16(21)7-9-17/h4-9,14-15,19H,3,10-13H2,1-2H3,(H2,22,23,26)/t15-,19+/m0/s1. The molecule has 1 aliphatic heterocycles. The zero-order valence-electron chi connectivity index (χ0n) is 15.8. The van der Waals surface area contributed by atoms with Crippen LogP contribution in [0.15, 0.2) is 41.8 Å². The van der Waals surface area contributed by atoms with E-state index < -0.39 is 0 Å². The van der Waals surface area contributed by atoms with Crippen molar-refractivity contribution in [3.05, 3.63) is 52.5 Å². The van der Waals surface area contributed by atoms with Gasteiger partial charge < -0.3 is 15.5 Å². The Bertz CT molecular complexity index is 712. The molecule has 0 bridgehead atoms. The minimum Gasteiger partial charge on any atom is -0.358 e. The smallest absolute Gasteiger partial charge is 0.171 e. The van der Waals surface area contributed by atoms with Gasteiger partial charge >= 0.3 is 0 Å². The van der Waals surface area contributed by atoms with Crippen molar-refractivity contribution in [1.29, 1.82) is 0 Å². The number of anilines is 1. The molecule has 2 N–H and O–H groups in total. The molecule has 27 heavy (non-hydrogen) atoms.